The molecule has 3 unspecified atom stereocenters. The van der Waals surface area contributed by atoms with Crippen LogP contribution in [0.2, 0.25) is 0 Å². The van der Waals surface area contributed by atoms with Crippen LogP contribution in [-0.4, -0.2) is 62.5 Å². The van der Waals surface area contributed by atoms with E-state index >= 15 is 0 Å². The molecule has 2 saturated heterocycles. The summed E-state index contributed by atoms with van der Waals surface area (Å²) in [7, 11) is 0. The lowest BCUT2D eigenvalue weighted by Crippen LogP contribution is -2.37. The molecule has 0 amide bonds. The second-order valence-electron chi connectivity index (χ2n) is 5.56. The molecule has 2 rings (SSSR count). The molecule has 3 atom stereocenters. The number of hydrogen-bond acceptors (Lipinski definition) is 4. The Morgan fingerprint density at radius 3 is 2.94 bits per heavy atom. The summed E-state index contributed by atoms with van der Waals surface area (Å²) in [4.78, 5) is 2.51. The fraction of sp³-hybridized carbons (Fsp3) is 1.00. The topological polar surface area (TPSA) is 33.7 Å². The molecule has 4 heteroatoms. The van der Waals surface area contributed by atoms with Gasteiger partial charge >= 0.3 is 0 Å². The van der Waals surface area contributed by atoms with Crippen LogP contribution < -0.4 is 5.32 Å². The van der Waals surface area contributed by atoms with Gasteiger partial charge in [-0.3, -0.25) is 4.90 Å². The van der Waals surface area contributed by atoms with Gasteiger partial charge in [-0.25, -0.2) is 0 Å². The van der Waals surface area contributed by atoms with Crippen molar-refractivity contribution < 1.29 is 9.47 Å². The van der Waals surface area contributed by atoms with Crippen LogP contribution in [0.5, 0.6) is 0 Å². The second-order valence-corrected chi connectivity index (χ2v) is 5.56. The number of ether oxygens (including phenoxy) is 2. The second kappa shape index (κ2) is 7.43. The SMILES string of the molecule is CCNCC1CCC(CN2CCCOC(C)C2)O1. The average molecular weight is 256 g/mol. The molecule has 0 aromatic rings. The van der Waals surface area contributed by atoms with Crippen LogP contribution in [0.4, 0.5) is 0 Å². The highest BCUT2D eigenvalue weighted by atomic mass is 16.5. The van der Waals surface area contributed by atoms with Crippen molar-refractivity contribution in [1.82, 2.24) is 10.2 Å². The molecule has 0 spiro atoms. The van der Waals surface area contributed by atoms with E-state index in [1.54, 1.807) is 0 Å². The predicted molar refractivity (Wildman–Crippen MR) is 72.9 cm³/mol. The first-order valence-electron chi connectivity index (χ1n) is 7.48. The quantitative estimate of drug-likeness (QED) is 0.803. The van der Waals surface area contributed by atoms with Gasteiger partial charge in [-0.1, -0.05) is 6.92 Å². The fourth-order valence-corrected chi connectivity index (χ4v) is 2.90. The third kappa shape index (κ3) is 4.50. The van der Waals surface area contributed by atoms with Crippen molar-refractivity contribution in [2.45, 2.75) is 51.4 Å². The first kappa shape index (κ1) is 14.3. The van der Waals surface area contributed by atoms with Gasteiger partial charge in [0.1, 0.15) is 0 Å². The lowest BCUT2D eigenvalue weighted by atomic mass is 10.2. The molecule has 0 aromatic carbocycles. The summed E-state index contributed by atoms with van der Waals surface area (Å²) in [5.74, 6) is 0. The van der Waals surface area contributed by atoms with Gasteiger partial charge in [0, 0.05) is 32.8 Å². The monoisotopic (exact) mass is 256 g/mol. The molecule has 2 aliphatic rings. The van der Waals surface area contributed by atoms with Crippen molar-refractivity contribution >= 4 is 0 Å². The maximum absolute atomic E-state index is 6.10. The van der Waals surface area contributed by atoms with Gasteiger partial charge in [0.15, 0.2) is 0 Å². The van der Waals surface area contributed by atoms with Crippen molar-refractivity contribution in [2.24, 2.45) is 0 Å². The molecule has 18 heavy (non-hydrogen) atoms. The first-order valence-corrected chi connectivity index (χ1v) is 7.48. The van der Waals surface area contributed by atoms with E-state index in [0.717, 1.165) is 45.8 Å². The molecule has 0 saturated carbocycles. The van der Waals surface area contributed by atoms with E-state index in [1.807, 2.05) is 0 Å². The number of rotatable bonds is 5. The first-order chi connectivity index (χ1) is 8.78. The number of nitrogens with zero attached hydrogens (tertiary/aromatic N) is 1. The molecule has 4 nitrogen and oxygen atoms in total. The van der Waals surface area contributed by atoms with Gasteiger partial charge in [-0.05, 0) is 32.7 Å². The highest BCUT2D eigenvalue weighted by Crippen LogP contribution is 2.21. The lowest BCUT2D eigenvalue weighted by molar-refractivity contribution is 0.0162. The Balaban J connectivity index is 1.69. The predicted octanol–water partition coefficient (Wildman–Crippen LogP) is 1.25. The molecule has 1 N–H and O–H groups in total. The summed E-state index contributed by atoms with van der Waals surface area (Å²) in [6, 6.07) is 0. The summed E-state index contributed by atoms with van der Waals surface area (Å²) in [5.41, 5.74) is 0. The standard InChI is InChI=1S/C14H28N2O2/c1-3-15-9-13-5-6-14(18-13)11-16-7-4-8-17-12(2)10-16/h12-15H,3-11H2,1-2H3. The van der Waals surface area contributed by atoms with Gasteiger partial charge in [0.25, 0.3) is 0 Å². The Morgan fingerprint density at radius 2 is 2.11 bits per heavy atom. The minimum absolute atomic E-state index is 0.367. The summed E-state index contributed by atoms with van der Waals surface area (Å²) in [6.45, 7) is 10.5. The van der Waals surface area contributed by atoms with Crippen LogP contribution in [0.15, 0.2) is 0 Å². The molecule has 0 aromatic heterocycles. The normalized spacial score (nSPS) is 34.7. The zero-order valence-electron chi connectivity index (χ0n) is 11.9. The van der Waals surface area contributed by atoms with E-state index in [1.165, 1.54) is 12.8 Å². The molecular weight excluding hydrogens is 228 g/mol. The molecule has 2 aliphatic heterocycles. The molecule has 106 valence electrons. The van der Waals surface area contributed by atoms with Crippen LogP contribution in [0, 0.1) is 0 Å². The summed E-state index contributed by atoms with van der Waals surface area (Å²) >= 11 is 0. The van der Waals surface area contributed by atoms with Crippen LogP contribution in [0.3, 0.4) is 0 Å². The molecule has 0 bridgehead atoms. The zero-order chi connectivity index (χ0) is 12.8. The minimum Gasteiger partial charge on any atom is -0.377 e. The Hall–Kier alpha value is -0.160. The molecule has 0 aliphatic carbocycles. The maximum atomic E-state index is 6.10. The van der Waals surface area contributed by atoms with Gasteiger partial charge in [0.05, 0.1) is 18.3 Å². The molecule has 0 radical (unpaired) electrons. The van der Waals surface area contributed by atoms with E-state index in [-0.39, 0.29) is 0 Å². The highest BCUT2D eigenvalue weighted by molar-refractivity contribution is 4.79. The number of nitrogens with one attached hydrogen (secondary N) is 1. The van der Waals surface area contributed by atoms with E-state index < -0.39 is 0 Å². The number of likely N-dealkylation sites (N-methyl/N-ethyl adjacent to an activating group) is 1. The summed E-state index contributed by atoms with van der Waals surface area (Å²) in [6.07, 6.45) is 4.79. The Labute approximate surface area is 111 Å². The van der Waals surface area contributed by atoms with Crippen molar-refractivity contribution in [2.75, 3.05) is 39.3 Å². The Kier molecular flexibility index (Phi) is 5.89. The van der Waals surface area contributed by atoms with Crippen molar-refractivity contribution in [3.05, 3.63) is 0 Å². The fourth-order valence-electron chi connectivity index (χ4n) is 2.90. The van der Waals surface area contributed by atoms with Crippen molar-refractivity contribution in [1.29, 1.82) is 0 Å². The largest absolute Gasteiger partial charge is 0.377 e. The third-order valence-electron chi connectivity index (χ3n) is 3.82. The summed E-state index contributed by atoms with van der Waals surface area (Å²) < 4.78 is 11.8. The zero-order valence-corrected chi connectivity index (χ0v) is 11.9. The van der Waals surface area contributed by atoms with Gasteiger partial charge in [0.2, 0.25) is 0 Å². The molecule has 2 heterocycles. The van der Waals surface area contributed by atoms with Crippen LogP contribution >= 0.6 is 0 Å². The van der Waals surface area contributed by atoms with Crippen LogP contribution in [-0.2, 0) is 9.47 Å². The number of hydrogen-bond donors (Lipinski definition) is 1. The Bertz CT molecular complexity index is 238. The summed E-state index contributed by atoms with van der Waals surface area (Å²) in [5, 5.41) is 3.37. The smallest absolute Gasteiger partial charge is 0.0707 e. The Morgan fingerprint density at radius 1 is 1.28 bits per heavy atom. The molecule has 2 fully saturated rings. The van der Waals surface area contributed by atoms with Crippen molar-refractivity contribution in [3.8, 4) is 0 Å². The van der Waals surface area contributed by atoms with Crippen LogP contribution in [0.25, 0.3) is 0 Å². The van der Waals surface area contributed by atoms with Gasteiger partial charge < -0.3 is 14.8 Å². The lowest BCUT2D eigenvalue weighted by Gasteiger charge is -2.25. The van der Waals surface area contributed by atoms with E-state index in [2.05, 4.69) is 24.1 Å². The molecular formula is C14H28N2O2. The average Bonchev–Trinajstić information content (AvgIpc) is 2.69. The van der Waals surface area contributed by atoms with E-state index in [4.69, 9.17) is 9.47 Å². The third-order valence-corrected chi connectivity index (χ3v) is 3.82. The van der Waals surface area contributed by atoms with Crippen LogP contribution in [0.1, 0.15) is 33.1 Å². The van der Waals surface area contributed by atoms with E-state index in [0.29, 0.717) is 18.3 Å². The van der Waals surface area contributed by atoms with Gasteiger partial charge in [-0.15, -0.1) is 0 Å². The minimum atomic E-state index is 0.367. The maximum Gasteiger partial charge on any atom is 0.0707 e. The van der Waals surface area contributed by atoms with E-state index in [9.17, 15) is 0 Å². The van der Waals surface area contributed by atoms with Gasteiger partial charge in [-0.2, -0.15) is 0 Å². The highest BCUT2D eigenvalue weighted by Gasteiger charge is 2.27. The van der Waals surface area contributed by atoms with Crippen molar-refractivity contribution in [3.63, 3.8) is 0 Å².